The third kappa shape index (κ3) is 3.35. The standard InChI is InChI=1S/C15H18ClFN2OS/c16-10-6-5-7-11(17)12(10)19-14(20)15(13(18)21)8-3-1-2-4-9-15/h5-7H,1-4,8-9H2,(H2,18,21)(H,19,20). The molecular weight excluding hydrogens is 311 g/mol. The van der Waals surface area contributed by atoms with E-state index in [0.717, 1.165) is 25.7 Å². The monoisotopic (exact) mass is 328 g/mol. The molecule has 0 aliphatic heterocycles. The number of halogens is 2. The fourth-order valence-electron chi connectivity index (χ4n) is 2.77. The Morgan fingerprint density at radius 3 is 2.43 bits per heavy atom. The summed E-state index contributed by atoms with van der Waals surface area (Å²) >= 11 is 11.1. The zero-order valence-electron chi connectivity index (χ0n) is 11.6. The molecule has 1 aliphatic rings. The fourth-order valence-corrected chi connectivity index (χ4v) is 3.27. The Labute approximate surface area is 134 Å². The predicted octanol–water partition coefficient (Wildman–Crippen LogP) is 4.04. The SMILES string of the molecule is NC(=S)C1(C(=O)Nc2c(F)cccc2Cl)CCCCCC1. The average molecular weight is 329 g/mol. The Kier molecular flexibility index (Phi) is 5.17. The molecule has 1 aliphatic carbocycles. The van der Waals surface area contributed by atoms with Crippen molar-refractivity contribution in [2.75, 3.05) is 5.32 Å². The van der Waals surface area contributed by atoms with Crippen LogP contribution in [-0.2, 0) is 4.79 Å². The summed E-state index contributed by atoms with van der Waals surface area (Å²) in [7, 11) is 0. The summed E-state index contributed by atoms with van der Waals surface area (Å²) in [6, 6.07) is 4.27. The average Bonchev–Trinajstić information content (AvgIpc) is 2.69. The van der Waals surface area contributed by atoms with Crippen molar-refractivity contribution in [3.63, 3.8) is 0 Å². The van der Waals surface area contributed by atoms with Crippen molar-refractivity contribution >= 4 is 40.4 Å². The predicted molar refractivity (Wildman–Crippen MR) is 87.0 cm³/mol. The van der Waals surface area contributed by atoms with Gasteiger partial charge < -0.3 is 11.1 Å². The second-order valence-electron chi connectivity index (χ2n) is 5.41. The maximum Gasteiger partial charge on any atom is 0.237 e. The van der Waals surface area contributed by atoms with Crippen LogP contribution in [0.2, 0.25) is 5.02 Å². The van der Waals surface area contributed by atoms with Gasteiger partial charge in [-0.15, -0.1) is 0 Å². The van der Waals surface area contributed by atoms with Gasteiger partial charge >= 0.3 is 0 Å². The van der Waals surface area contributed by atoms with E-state index in [1.807, 2.05) is 0 Å². The maximum absolute atomic E-state index is 13.8. The molecule has 1 aromatic rings. The first-order valence-corrected chi connectivity index (χ1v) is 7.81. The van der Waals surface area contributed by atoms with E-state index in [9.17, 15) is 9.18 Å². The molecular formula is C15H18ClFN2OS. The summed E-state index contributed by atoms with van der Waals surface area (Å²) < 4.78 is 13.8. The lowest BCUT2D eigenvalue weighted by molar-refractivity contribution is -0.122. The van der Waals surface area contributed by atoms with Crippen molar-refractivity contribution < 1.29 is 9.18 Å². The highest BCUT2D eigenvalue weighted by Gasteiger charge is 2.41. The molecule has 0 atom stereocenters. The van der Waals surface area contributed by atoms with E-state index >= 15 is 0 Å². The quantitative estimate of drug-likeness (QED) is 0.650. The van der Waals surface area contributed by atoms with E-state index in [0.29, 0.717) is 12.8 Å². The van der Waals surface area contributed by atoms with Crippen LogP contribution in [0.25, 0.3) is 0 Å². The Morgan fingerprint density at radius 2 is 1.90 bits per heavy atom. The smallest absolute Gasteiger partial charge is 0.237 e. The molecule has 2 rings (SSSR count). The normalized spacial score (nSPS) is 17.8. The van der Waals surface area contributed by atoms with Gasteiger partial charge in [-0.3, -0.25) is 4.79 Å². The number of hydrogen-bond donors (Lipinski definition) is 2. The molecule has 0 bridgehead atoms. The van der Waals surface area contributed by atoms with Gasteiger partial charge in [0.25, 0.3) is 0 Å². The second-order valence-corrected chi connectivity index (χ2v) is 6.26. The number of rotatable bonds is 3. The molecule has 1 amide bonds. The number of hydrogen-bond acceptors (Lipinski definition) is 2. The molecule has 0 radical (unpaired) electrons. The number of carbonyl (C=O) groups excluding carboxylic acids is 1. The van der Waals surface area contributed by atoms with E-state index < -0.39 is 11.2 Å². The summed E-state index contributed by atoms with van der Waals surface area (Å²) in [5, 5.41) is 2.75. The number of anilines is 1. The lowest BCUT2D eigenvalue weighted by Gasteiger charge is -2.30. The summed E-state index contributed by atoms with van der Waals surface area (Å²) in [6.45, 7) is 0. The zero-order valence-corrected chi connectivity index (χ0v) is 13.2. The Bertz CT molecular complexity index is 536. The van der Waals surface area contributed by atoms with Crippen LogP contribution in [0.4, 0.5) is 10.1 Å². The first-order valence-electron chi connectivity index (χ1n) is 7.03. The lowest BCUT2D eigenvalue weighted by Crippen LogP contribution is -2.45. The molecule has 1 aromatic carbocycles. The summed E-state index contributed by atoms with van der Waals surface area (Å²) in [6.07, 6.45) is 5.07. The van der Waals surface area contributed by atoms with Gasteiger partial charge in [-0.2, -0.15) is 0 Å². The van der Waals surface area contributed by atoms with Crippen LogP contribution >= 0.6 is 23.8 Å². The number of nitrogens with two attached hydrogens (primary N) is 1. The van der Waals surface area contributed by atoms with E-state index in [1.54, 1.807) is 0 Å². The van der Waals surface area contributed by atoms with Crippen LogP contribution in [0.1, 0.15) is 38.5 Å². The second kappa shape index (κ2) is 6.71. The van der Waals surface area contributed by atoms with Crippen LogP contribution in [0.15, 0.2) is 18.2 Å². The van der Waals surface area contributed by atoms with E-state index in [1.165, 1.54) is 18.2 Å². The highest BCUT2D eigenvalue weighted by atomic mass is 35.5. The topological polar surface area (TPSA) is 55.1 Å². The van der Waals surface area contributed by atoms with Crippen LogP contribution in [-0.4, -0.2) is 10.9 Å². The van der Waals surface area contributed by atoms with Crippen molar-refractivity contribution in [2.24, 2.45) is 11.1 Å². The highest BCUT2D eigenvalue weighted by molar-refractivity contribution is 7.80. The first-order chi connectivity index (χ1) is 9.97. The van der Waals surface area contributed by atoms with Gasteiger partial charge in [0.15, 0.2) is 0 Å². The third-order valence-electron chi connectivity index (χ3n) is 4.06. The van der Waals surface area contributed by atoms with Gasteiger partial charge in [0.05, 0.1) is 21.1 Å². The van der Waals surface area contributed by atoms with E-state index in [2.05, 4.69) is 5.32 Å². The Morgan fingerprint density at radius 1 is 1.29 bits per heavy atom. The van der Waals surface area contributed by atoms with Gasteiger partial charge in [-0.05, 0) is 25.0 Å². The van der Waals surface area contributed by atoms with E-state index in [-0.39, 0.29) is 21.6 Å². The Balaban J connectivity index is 2.29. The van der Waals surface area contributed by atoms with Crippen LogP contribution in [0.3, 0.4) is 0 Å². The summed E-state index contributed by atoms with van der Waals surface area (Å²) in [5.41, 5.74) is 4.93. The number of amides is 1. The van der Waals surface area contributed by atoms with Gasteiger partial charge in [0.1, 0.15) is 5.82 Å². The van der Waals surface area contributed by atoms with Crippen molar-refractivity contribution in [1.82, 2.24) is 0 Å². The molecule has 0 heterocycles. The van der Waals surface area contributed by atoms with Gasteiger partial charge in [0, 0.05) is 0 Å². The molecule has 0 aromatic heterocycles. The molecule has 6 heteroatoms. The molecule has 0 unspecified atom stereocenters. The molecule has 3 N–H and O–H groups in total. The molecule has 1 fully saturated rings. The van der Waals surface area contributed by atoms with Crippen molar-refractivity contribution in [3.8, 4) is 0 Å². The maximum atomic E-state index is 13.8. The lowest BCUT2D eigenvalue weighted by atomic mass is 9.79. The minimum atomic E-state index is -0.905. The molecule has 21 heavy (non-hydrogen) atoms. The minimum Gasteiger partial charge on any atom is -0.392 e. The van der Waals surface area contributed by atoms with Gasteiger partial charge in [-0.25, -0.2) is 4.39 Å². The molecule has 3 nitrogen and oxygen atoms in total. The number of thiocarbonyl (C=S) groups is 1. The first kappa shape index (κ1) is 16.2. The molecule has 0 spiro atoms. The van der Waals surface area contributed by atoms with Gasteiger partial charge in [-0.1, -0.05) is 55.6 Å². The third-order valence-corrected chi connectivity index (χ3v) is 4.77. The molecule has 1 saturated carbocycles. The van der Waals surface area contributed by atoms with Crippen LogP contribution in [0, 0.1) is 11.2 Å². The summed E-state index contributed by atoms with van der Waals surface area (Å²) in [4.78, 5) is 12.9. The zero-order chi connectivity index (χ0) is 15.5. The van der Waals surface area contributed by atoms with Gasteiger partial charge in [0.2, 0.25) is 5.91 Å². The molecule has 114 valence electrons. The minimum absolute atomic E-state index is 0.0101. The number of nitrogens with one attached hydrogen (secondary N) is 1. The number of para-hydroxylation sites is 1. The van der Waals surface area contributed by atoms with E-state index in [4.69, 9.17) is 29.6 Å². The fraction of sp³-hybridized carbons (Fsp3) is 0.467. The van der Waals surface area contributed by atoms with Crippen molar-refractivity contribution in [3.05, 3.63) is 29.0 Å². The van der Waals surface area contributed by atoms with Crippen molar-refractivity contribution in [2.45, 2.75) is 38.5 Å². The number of carbonyl (C=O) groups is 1. The van der Waals surface area contributed by atoms with Crippen LogP contribution in [0.5, 0.6) is 0 Å². The Hall–Kier alpha value is -1.20. The molecule has 0 saturated heterocycles. The van der Waals surface area contributed by atoms with Crippen LogP contribution < -0.4 is 11.1 Å². The largest absolute Gasteiger partial charge is 0.392 e. The van der Waals surface area contributed by atoms with Crippen molar-refractivity contribution in [1.29, 1.82) is 0 Å². The summed E-state index contributed by atoms with van der Waals surface area (Å²) in [5.74, 6) is -0.925. The highest BCUT2D eigenvalue weighted by Crippen LogP contribution is 2.37. The number of benzene rings is 1.